The first kappa shape index (κ1) is 24.8. The maximum Gasteiger partial charge on any atom is 0.269 e. The molecule has 3 amide bonds. The number of carbonyl (C=O) groups is 3. The van der Waals surface area contributed by atoms with Crippen molar-refractivity contribution < 1.29 is 33.3 Å². The third-order valence-electron chi connectivity index (χ3n) is 4.16. The number of hydrazine groups is 1. The molecule has 3 N–H and O–H groups in total. The zero-order valence-electron chi connectivity index (χ0n) is 18.0. The van der Waals surface area contributed by atoms with E-state index in [4.69, 9.17) is 30.5 Å². The number of halogens is 1. The van der Waals surface area contributed by atoms with Crippen LogP contribution in [0.3, 0.4) is 0 Å². The Hall–Kier alpha value is -3.50. The van der Waals surface area contributed by atoms with Gasteiger partial charge in [0.2, 0.25) is 11.7 Å². The Morgan fingerprint density at radius 1 is 0.875 bits per heavy atom. The summed E-state index contributed by atoms with van der Waals surface area (Å²) in [5.74, 6) is -0.835. The van der Waals surface area contributed by atoms with E-state index < -0.39 is 24.3 Å². The largest absolute Gasteiger partial charge is 0.493 e. The van der Waals surface area contributed by atoms with E-state index in [1.165, 1.54) is 33.5 Å². The first-order valence-corrected chi connectivity index (χ1v) is 9.69. The van der Waals surface area contributed by atoms with Gasteiger partial charge in [-0.05, 0) is 36.8 Å². The second-order valence-electron chi connectivity index (χ2n) is 6.42. The second-order valence-corrected chi connectivity index (χ2v) is 6.83. The molecule has 2 aromatic carbocycles. The molecule has 10 nitrogen and oxygen atoms in total. The Morgan fingerprint density at radius 3 is 2.06 bits per heavy atom. The fraction of sp³-hybridized carbons (Fsp3) is 0.286. The number of anilines is 1. The van der Waals surface area contributed by atoms with Crippen molar-refractivity contribution in [2.45, 2.75) is 6.92 Å². The standard InChI is InChI=1S/C21H24ClN3O7/c1-12-5-6-14(9-15(12)22)23-18(26)10-32-11-19(27)24-25-21(28)13-7-16(29-2)20(31-4)17(8-13)30-3/h5-9H,10-11H2,1-4H3,(H,23,26)(H,24,27)(H,25,28). The fourth-order valence-electron chi connectivity index (χ4n) is 2.55. The van der Waals surface area contributed by atoms with E-state index in [1.54, 1.807) is 18.2 Å². The molecule has 0 bridgehead atoms. The molecule has 0 saturated heterocycles. The maximum atomic E-state index is 12.3. The normalized spacial score (nSPS) is 10.2. The Kier molecular flexibility index (Phi) is 9.11. The van der Waals surface area contributed by atoms with E-state index in [0.29, 0.717) is 16.5 Å². The summed E-state index contributed by atoms with van der Waals surface area (Å²) < 4.78 is 20.6. The van der Waals surface area contributed by atoms with E-state index in [2.05, 4.69) is 16.2 Å². The van der Waals surface area contributed by atoms with Crippen molar-refractivity contribution in [2.24, 2.45) is 0 Å². The quantitative estimate of drug-likeness (QED) is 0.484. The van der Waals surface area contributed by atoms with Gasteiger partial charge in [0.25, 0.3) is 11.8 Å². The predicted molar refractivity (Wildman–Crippen MR) is 117 cm³/mol. The summed E-state index contributed by atoms with van der Waals surface area (Å²) in [5, 5.41) is 3.12. The highest BCUT2D eigenvalue weighted by atomic mass is 35.5. The number of rotatable bonds is 9. The summed E-state index contributed by atoms with van der Waals surface area (Å²) in [6.07, 6.45) is 0. The average molecular weight is 466 g/mol. The van der Waals surface area contributed by atoms with Crippen LogP contribution in [0.2, 0.25) is 5.02 Å². The van der Waals surface area contributed by atoms with Crippen LogP contribution in [0.25, 0.3) is 0 Å². The number of aryl methyl sites for hydroxylation is 1. The van der Waals surface area contributed by atoms with Gasteiger partial charge in [0, 0.05) is 16.3 Å². The molecule has 0 heterocycles. The van der Waals surface area contributed by atoms with Crippen molar-refractivity contribution in [3.05, 3.63) is 46.5 Å². The number of benzene rings is 2. The van der Waals surface area contributed by atoms with Gasteiger partial charge in [-0.1, -0.05) is 17.7 Å². The average Bonchev–Trinajstić information content (AvgIpc) is 2.78. The molecule has 0 aliphatic heterocycles. The van der Waals surface area contributed by atoms with Gasteiger partial charge >= 0.3 is 0 Å². The summed E-state index contributed by atoms with van der Waals surface area (Å²) in [4.78, 5) is 36.1. The van der Waals surface area contributed by atoms with Crippen LogP contribution in [0.4, 0.5) is 5.69 Å². The highest BCUT2D eigenvalue weighted by molar-refractivity contribution is 6.31. The Labute approximate surface area is 190 Å². The third-order valence-corrected chi connectivity index (χ3v) is 4.57. The lowest BCUT2D eigenvalue weighted by Crippen LogP contribution is -2.43. The highest BCUT2D eigenvalue weighted by Crippen LogP contribution is 2.38. The van der Waals surface area contributed by atoms with Crippen molar-refractivity contribution in [3.63, 3.8) is 0 Å². The minimum atomic E-state index is -0.656. The van der Waals surface area contributed by atoms with Gasteiger partial charge in [-0.2, -0.15) is 0 Å². The van der Waals surface area contributed by atoms with Crippen LogP contribution in [0.1, 0.15) is 15.9 Å². The van der Waals surface area contributed by atoms with Crippen molar-refractivity contribution in [1.29, 1.82) is 0 Å². The van der Waals surface area contributed by atoms with Crippen LogP contribution in [-0.4, -0.2) is 52.3 Å². The number of amides is 3. The Balaban J connectivity index is 1.80. The van der Waals surface area contributed by atoms with Crippen molar-refractivity contribution >= 4 is 35.0 Å². The summed E-state index contributed by atoms with van der Waals surface area (Å²) in [5.41, 5.74) is 5.99. The summed E-state index contributed by atoms with van der Waals surface area (Å²) >= 11 is 6.01. The van der Waals surface area contributed by atoms with Gasteiger partial charge < -0.3 is 24.3 Å². The molecule has 0 saturated carbocycles. The molecule has 0 aromatic heterocycles. The van der Waals surface area contributed by atoms with Crippen LogP contribution in [0.15, 0.2) is 30.3 Å². The molecular formula is C21H24ClN3O7. The summed E-state index contributed by atoms with van der Waals surface area (Å²) in [6.45, 7) is 1.04. The molecule has 0 fully saturated rings. The molecule has 32 heavy (non-hydrogen) atoms. The third kappa shape index (κ3) is 6.76. The van der Waals surface area contributed by atoms with Crippen LogP contribution in [0.5, 0.6) is 17.2 Å². The van der Waals surface area contributed by atoms with E-state index in [-0.39, 0.29) is 23.7 Å². The minimum Gasteiger partial charge on any atom is -0.493 e. The molecule has 2 rings (SSSR count). The predicted octanol–water partition coefficient (Wildman–Crippen LogP) is 2.09. The van der Waals surface area contributed by atoms with Gasteiger partial charge in [0.15, 0.2) is 11.5 Å². The van der Waals surface area contributed by atoms with E-state index in [0.717, 1.165) is 5.56 Å². The Bertz CT molecular complexity index is 972. The Morgan fingerprint density at radius 2 is 1.50 bits per heavy atom. The summed E-state index contributed by atoms with van der Waals surface area (Å²) in [7, 11) is 4.28. The first-order valence-electron chi connectivity index (χ1n) is 9.32. The lowest BCUT2D eigenvalue weighted by atomic mass is 10.1. The number of ether oxygens (including phenoxy) is 4. The second kappa shape index (κ2) is 11.8. The van der Waals surface area contributed by atoms with Gasteiger partial charge in [-0.3, -0.25) is 25.2 Å². The highest BCUT2D eigenvalue weighted by Gasteiger charge is 2.17. The molecule has 0 unspecified atom stereocenters. The van der Waals surface area contributed by atoms with E-state index in [1.807, 2.05) is 6.92 Å². The number of hydrogen-bond donors (Lipinski definition) is 3. The lowest BCUT2D eigenvalue weighted by Gasteiger charge is -2.14. The van der Waals surface area contributed by atoms with Crippen molar-refractivity contribution in [2.75, 3.05) is 39.9 Å². The molecule has 172 valence electrons. The SMILES string of the molecule is COc1cc(C(=O)NNC(=O)COCC(=O)Nc2ccc(C)c(Cl)c2)cc(OC)c1OC. The maximum absolute atomic E-state index is 12.3. The molecule has 0 atom stereocenters. The monoisotopic (exact) mass is 465 g/mol. The van der Waals surface area contributed by atoms with Crippen LogP contribution >= 0.6 is 11.6 Å². The van der Waals surface area contributed by atoms with Crippen molar-refractivity contribution in [1.82, 2.24) is 10.9 Å². The number of carbonyl (C=O) groups excluding carboxylic acids is 3. The molecular weight excluding hydrogens is 442 g/mol. The van der Waals surface area contributed by atoms with Crippen LogP contribution in [0, 0.1) is 6.92 Å². The smallest absolute Gasteiger partial charge is 0.269 e. The van der Waals surface area contributed by atoms with E-state index in [9.17, 15) is 14.4 Å². The molecule has 0 spiro atoms. The topological polar surface area (TPSA) is 124 Å². The number of nitrogens with one attached hydrogen (secondary N) is 3. The van der Waals surface area contributed by atoms with Gasteiger partial charge in [0.05, 0.1) is 21.3 Å². The van der Waals surface area contributed by atoms with Gasteiger partial charge in [0.1, 0.15) is 13.2 Å². The lowest BCUT2D eigenvalue weighted by molar-refractivity contribution is -0.129. The first-order chi connectivity index (χ1) is 15.3. The minimum absolute atomic E-state index is 0.164. The van der Waals surface area contributed by atoms with Crippen molar-refractivity contribution in [3.8, 4) is 17.2 Å². The molecule has 11 heteroatoms. The van der Waals surface area contributed by atoms with Gasteiger partial charge in [-0.15, -0.1) is 0 Å². The summed E-state index contributed by atoms with van der Waals surface area (Å²) in [6, 6.07) is 7.94. The fourth-order valence-corrected chi connectivity index (χ4v) is 2.73. The zero-order chi connectivity index (χ0) is 23.7. The van der Waals surface area contributed by atoms with Crippen LogP contribution in [-0.2, 0) is 14.3 Å². The number of methoxy groups -OCH3 is 3. The molecule has 0 aliphatic rings. The zero-order valence-corrected chi connectivity index (χ0v) is 18.8. The van der Waals surface area contributed by atoms with Crippen LogP contribution < -0.4 is 30.4 Å². The van der Waals surface area contributed by atoms with Gasteiger partial charge in [-0.25, -0.2) is 0 Å². The number of hydrogen-bond acceptors (Lipinski definition) is 7. The molecule has 0 aliphatic carbocycles. The molecule has 2 aromatic rings. The molecule has 0 radical (unpaired) electrons. The van der Waals surface area contributed by atoms with E-state index >= 15 is 0 Å².